The van der Waals surface area contributed by atoms with Crippen molar-refractivity contribution in [2.75, 3.05) is 19.8 Å². The van der Waals surface area contributed by atoms with Gasteiger partial charge in [-0.2, -0.15) is 0 Å². The van der Waals surface area contributed by atoms with E-state index in [9.17, 15) is 0 Å². The minimum Gasteiger partial charge on any atom is -0.353 e. The maximum absolute atomic E-state index is 8.23. The average molecular weight is 279 g/mol. The molecule has 0 aromatic heterocycles. The van der Waals surface area contributed by atoms with Gasteiger partial charge in [0.1, 0.15) is 0 Å². The quantitative estimate of drug-likeness (QED) is 0.284. The lowest BCUT2D eigenvalue weighted by atomic mass is 10.1. The highest BCUT2D eigenvalue weighted by molar-refractivity contribution is 5.04. The first kappa shape index (κ1) is 16.8. The van der Waals surface area contributed by atoms with Gasteiger partial charge in [0.25, 0.3) is 0 Å². The van der Waals surface area contributed by atoms with E-state index in [1.54, 1.807) is 0 Å². The molecular weight excluding hydrogens is 254 g/mol. The Labute approximate surface area is 121 Å². The van der Waals surface area contributed by atoms with E-state index in [0.717, 1.165) is 37.9 Å². The zero-order valence-electron chi connectivity index (χ0n) is 12.5. The molecule has 0 aliphatic carbocycles. The third-order valence-corrected chi connectivity index (χ3v) is 3.27. The highest BCUT2D eigenvalue weighted by Crippen LogP contribution is 2.14. The van der Waals surface area contributed by atoms with Crippen molar-refractivity contribution in [1.29, 1.82) is 0 Å². The average Bonchev–Trinajstić information content (AvgIpc) is 2.46. The second-order valence-corrected chi connectivity index (χ2v) is 5.16. The summed E-state index contributed by atoms with van der Waals surface area (Å²) in [5.41, 5.74) is 10.7. The van der Waals surface area contributed by atoms with Gasteiger partial charge in [-0.1, -0.05) is 28.4 Å². The number of nitrogens with zero attached hydrogens (tertiary/aromatic N) is 3. The lowest BCUT2D eigenvalue weighted by molar-refractivity contribution is -0.155. The van der Waals surface area contributed by atoms with Crippen molar-refractivity contribution >= 4 is 0 Å². The van der Waals surface area contributed by atoms with Crippen LogP contribution in [0.2, 0.25) is 0 Å². The molecule has 112 valence electrons. The Bertz CT molecular complexity index is 379. The normalized spacial score (nSPS) is 20.6. The Hall–Kier alpha value is -1.29. The van der Waals surface area contributed by atoms with Crippen LogP contribution in [0, 0.1) is 0 Å². The van der Waals surface area contributed by atoms with Gasteiger partial charge in [0.2, 0.25) is 0 Å². The molecule has 5 nitrogen and oxygen atoms in total. The molecule has 1 saturated heterocycles. The van der Waals surface area contributed by atoms with Crippen molar-refractivity contribution in [3.63, 3.8) is 0 Å². The van der Waals surface area contributed by atoms with Gasteiger partial charge in [0.15, 0.2) is 6.29 Å². The fourth-order valence-electron chi connectivity index (χ4n) is 2.00. The van der Waals surface area contributed by atoms with E-state index < -0.39 is 0 Å². The molecular formula is C15H25N3O2. The van der Waals surface area contributed by atoms with Gasteiger partial charge < -0.3 is 9.47 Å². The van der Waals surface area contributed by atoms with Crippen LogP contribution in [-0.4, -0.2) is 26.0 Å². The molecule has 1 fully saturated rings. The Morgan fingerprint density at radius 2 is 2.20 bits per heavy atom. The van der Waals surface area contributed by atoms with Gasteiger partial charge in [0.05, 0.1) is 6.61 Å². The lowest BCUT2D eigenvalue weighted by Gasteiger charge is -2.22. The van der Waals surface area contributed by atoms with Crippen LogP contribution in [-0.2, 0) is 9.47 Å². The summed E-state index contributed by atoms with van der Waals surface area (Å²) in [5, 5.41) is 3.53. The molecule has 0 bridgehead atoms. The van der Waals surface area contributed by atoms with E-state index in [0.29, 0.717) is 13.2 Å². The number of ether oxygens (including phenoxy) is 2. The largest absolute Gasteiger partial charge is 0.353 e. The summed E-state index contributed by atoms with van der Waals surface area (Å²) < 4.78 is 11.2. The zero-order valence-corrected chi connectivity index (χ0v) is 12.5. The van der Waals surface area contributed by atoms with Crippen LogP contribution >= 0.6 is 0 Å². The fraction of sp³-hybridized carbons (Fsp3) is 0.733. The molecule has 0 aromatic carbocycles. The smallest absolute Gasteiger partial charge is 0.157 e. The number of hydrogen-bond acceptors (Lipinski definition) is 3. The van der Waals surface area contributed by atoms with Crippen molar-refractivity contribution in [3.8, 4) is 0 Å². The van der Waals surface area contributed by atoms with Gasteiger partial charge >= 0.3 is 0 Å². The third-order valence-electron chi connectivity index (χ3n) is 3.27. The summed E-state index contributed by atoms with van der Waals surface area (Å²) in [6, 6.07) is 0. The highest BCUT2D eigenvalue weighted by atomic mass is 16.7. The van der Waals surface area contributed by atoms with Crippen LogP contribution in [0.3, 0.4) is 0 Å². The Balaban J connectivity index is 2.15. The predicted molar refractivity (Wildman–Crippen MR) is 80.3 cm³/mol. The Kier molecular flexibility index (Phi) is 8.79. The van der Waals surface area contributed by atoms with Crippen LogP contribution in [0.1, 0.15) is 46.0 Å². The molecule has 0 spiro atoms. The van der Waals surface area contributed by atoms with Crippen molar-refractivity contribution in [2.24, 2.45) is 5.11 Å². The van der Waals surface area contributed by atoms with Crippen molar-refractivity contribution < 1.29 is 9.47 Å². The highest BCUT2D eigenvalue weighted by Gasteiger charge is 2.12. The summed E-state index contributed by atoms with van der Waals surface area (Å²) in [6.45, 7) is 6.00. The van der Waals surface area contributed by atoms with Gasteiger partial charge in [-0.05, 0) is 51.5 Å². The van der Waals surface area contributed by atoms with Crippen molar-refractivity contribution in [2.45, 2.75) is 52.2 Å². The molecule has 0 amide bonds. The molecule has 0 saturated carbocycles. The summed E-state index contributed by atoms with van der Waals surface area (Å²) in [7, 11) is 0. The van der Waals surface area contributed by atoms with E-state index in [-0.39, 0.29) is 6.29 Å². The second-order valence-electron chi connectivity index (χ2n) is 5.16. The first-order chi connectivity index (χ1) is 9.72. The lowest BCUT2D eigenvalue weighted by Crippen LogP contribution is -2.22. The molecule has 1 atom stereocenters. The number of azide groups is 1. The molecule has 1 aliphatic rings. The van der Waals surface area contributed by atoms with E-state index in [1.165, 1.54) is 12.0 Å². The molecule has 20 heavy (non-hydrogen) atoms. The molecule has 1 aliphatic heterocycles. The minimum absolute atomic E-state index is 0.0150. The van der Waals surface area contributed by atoms with Crippen LogP contribution in [0.15, 0.2) is 28.4 Å². The molecule has 1 rings (SSSR count). The number of hydrogen-bond donors (Lipinski definition) is 0. The minimum atomic E-state index is -0.0150. The molecule has 1 unspecified atom stereocenters. The summed E-state index contributed by atoms with van der Waals surface area (Å²) in [6.07, 6.45) is 9.55. The number of allylic oxidation sites excluding steroid dienone is 2. The van der Waals surface area contributed by atoms with Gasteiger partial charge in [-0.3, -0.25) is 0 Å². The molecule has 0 N–H and O–H groups in total. The van der Waals surface area contributed by atoms with Crippen LogP contribution in [0.25, 0.3) is 10.4 Å². The van der Waals surface area contributed by atoms with E-state index in [1.807, 2.05) is 6.92 Å². The monoisotopic (exact) mass is 279 g/mol. The van der Waals surface area contributed by atoms with Crippen LogP contribution < -0.4 is 0 Å². The predicted octanol–water partition coefficient (Wildman–Crippen LogP) is 4.51. The van der Waals surface area contributed by atoms with Gasteiger partial charge in [-0.15, -0.1) is 0 Å². The molecule has 1 heterocycles. The van der Waals surface area contributed by atoms with E-state index in [2.05, 4.69) is 29.1 Å². The third kappa shape index (κ3) is 8.00. The van der Waals surface area contributed by atoms with Gasteiger partial charge in [-0.25, -0.2) is 0 Å². The van der Waals surface area contributed by atoms with E-state index in [4.69, 9.17) is 15.0 Å². The van der Waals surface area contributed by atoms with Crippen LogP contribution in [0.5, 0.6) is 0 Å². The summed E-state index contributed by atoms with van der Waals surface area (Å²) in [5.74, 6) is 0. The molecule has 0 radical (unpaired) electrons. The summed E-state index contributed by atoms with van der Waals surface area (Å²) in [4.78, 5) is 2.75. The Morgan fingerprint density at radius 3 is 2.90 bits per heavy atom. The van der Waals surface area contributed by atoms with Crippen LogP contribution in [0.4, 0.5) is 0 Å². The maximum atomic E-state index is 8.23. The second kappa shape index (κ2) is 10.5. The van der Waals surface area contributed by atoms with Crippen molar-refractivity contribution in [1.82, 2.24) is 0 Å². The molecule has 5 heteroatoms. The maximum Gasteiger partial charge on any atom is 0.157 e. The zero-order chi connectivity index (χ0) is 14.6. The fourth-order valence-corrected chi connectivity index (χ4v) is 2.00. The first-order valence-electron chi connectivity index (χ1n) is 7.27. The SMILES string of the molecule is C/C(=C\COC1CCCCO1)CC/C=C(\C)CN=[N+]=[N-]. The molecule has 0 aromatic rings. The standard InChI is InChI=1S/C15H25N3O2/c1-13(6-5-7-14(2)12-17-18-16)9-11-20-15-8-3-4-10-19-15/h7,9,15H,3-6,8,10-12H2,1-2H3/b13-9+,14-7+. The first-order valence-corrected chi connectivity index (χ1v) is 7.27. The van der Waals surface area contributed by atoms with Crippen molar-refractivity contribution in [3.05, 3.63) is 33.7 Å². The topological polar surface area (TPSA) is 67.2 Å². The number of rotatable bonds is 8. The summed E-state index contributed by atoms with van der Waals surface area (Å²) >= 11 is 0. The van der Waals surface area contributed by atoms with Gasteiger partial charge in [0, 0.05) is 18.1 Å². The van der Waals surface area contributed by atoms with E-state index >= 15 is 0 Å². The Morgan fingerprint density at radius 1 is 1.35 bits per heavy atom.